The van der Waals surface area contributed by atoms with E-state index in [4.69, 9.17) is 0 Å². The lowest BCUT2D eigenvalue weighted by molar-refractivity contribution is -0.132. The van der Waals surface area contributed by atoms with E-state index >= 15 is 0 Å². The molecule has 8 heteroatoms. The fraction of sp³-hybridized carbons (Fsp3) is 0.714. The van der Waals surface area contributed by atoms with Gasteiger partial charge in [0.1, 0.15) is 6.33 Å². The van der Waals surface area contributed by atoms with E-state index in [-0.39, 0.29) is 23.3 Å². The molecule has 0 aliphatic carbocycles. The van der Waals surface area contributed by atoms with Crippen molar-refractivity contribution in [1.82, 2.24) is 25.0 Å². The summed E-state index contributed by atoms with van der Waals surface area (Å²) < 4.78 is 1.84. The highest BCUT2D eigenvalue weighted by atomic mass is 32.2. The highest BCUT2D eigenvalue weighted by Crippen LogP contribution is 2.25. The van der Waals surface area contributed by atoms with Gasteiger partial charge in [0.05, 0.1) is 5.92 Å². The van der Waals surface area contributed by atoms with Crippen LogP contribution in [0.15, 0.2) is 11.5 Å². The number of hydrogen-bond donors (Lipinski definition) is 1. The van der Waals surface area contributed by atoms with E-state index in [1.54, 1.807) is 23.0 Å². The number of likely N-dealkylation sites (tertiary alicyclic amines) is 1. The Morgan fingerprint density at radius 1 is 1.50 bits per heavy atom. The summed E-state index contributed by atoms with van der Waals surface area (Å²) in [6.07, 6.45) is 1.95. The van der Waals surface area contributed by atoms with Crippen molar-refractivity contribution in [3.63, 3.8) is 0 Å². The highest BCUT2D eigenvalue weighted by molar-refractivity contribution is 7.99. The molecule has 122 valence electrons. The van der Waals surface area contributed by atoms with Crippen molar-refractivity contribution in [3.8, 4) is 0 Å². The zero-order chi connectivity index (χ0) is 16.3. The number of amides is 2. The highest BCUT2D eigenvalue weighted by Gasteiger charge is 2.39. The first-order valence-corrected chi connectivity index (χ1v) is 8.32. The first-order valence-electron chi connectivity index (χ1n) is 7.34. The molecule has 1 N–H and O–H groups in total. The van der Waals surface area contributed by atoms with Crippen LogP contribution >= 0.6 is 11.8 Å². The van der Waals surface area contributed by atoms with Crippen molar-refractivity contribution in [2.45, 2.75) is 37.9 Å². The molecule has 0 radical (unpaired) electrons. The lowest BCUT2D eigenvalue weighted by Gasteiger charge is -2.31. The summed E-state index contributed by atoms with van der Waals surface area (Å²) in [5, 5.41) is 11.5. The molecule has 1 aliphatic rings. The topological polar surface area (TPSA) is 80.1 Å². The van der Waals surface area contributed by atoms with Crippen LogP contribution in [0.5, 0.6) is 0 Å². The van der Waals surface area contributed by atoms with Gasteiger partial charge in [0.25, 0.3) is 0 Å². The van der Waals surface area contributed by atoms with Gasteiger partial charge in [-0.25, -0.2) is 0 Å². The van der Waals surface area contributed by atoms with Crippen LogP contribution in [0.1, 0.15) is 27.2 Å². The molecule has 2 amide bonds. The van der Waals surface area contributed by atoms with Gasteiger partial charge in [0, 0.05) is 37.8 Å². The Morgan fingerprint density at radius 3 is 2.77 bits per heavy atom. The molecule has 0 bridgehead atoms. The summed E-state index contributed by atoms with van der Waals surface area (Å²) in [5.41, 5.74) is -0.229. The van der Waals surface area contributed by atoms with Gasteiger partial charge in [-0.1, -0.05) is 11.8 Å². The lowest BCUT2D eigenvalue weighted by Crippen LogP contribution is -2.43. The van der Waals surface area contributed by atoms with Crippen LogP contribution in [0.25, 0.3) is 0 Å². The van der Waals surface area contributed by atoms with Gasteiger partial charge < -0.3 is 14.8 Å². The van der Waals surface area contributed by atoms with E-state index in [9.17, 15) is 9.59 Å². The fourth-order valence-electron chi connectivity index (χ4n) is 2.40. The SMILES string of the molecule is Cn1cnnc1SCCNC(=O)C1CC(=O)N(C(C)(C)C)C1. The number of aryl methyl sites for hydroxylation is 1. The predicted molar refractivity (Wildman–Crippen MR) is 84.3 cm³/mol. The number of carbonyl (C=O) groups is 2. The maximum Gasteiger partial charge on any atom is 0.225 e. The molecule has 0 aromatic carbocycles. The number of rotatable bonds is 5. The van der Waals surface area contributed by atoms with Crippen LogP contribution in [-0.2, 0) is 16.6 Å². The average molecular weight is 325 g/mol. The second-order valence-electron chi connectivity index (χ2n) is 6.44. The lowest BCUT2D eigenvalue weighted by atomic mass is 10.1. The Morgan fingerprint density at radius 2 is 2.23 bits per heavy atom. The number of hydrogen-bond acceptors (Lipinski definition) is 5. The average Bonchev–Trinajstić information content (AvgIpc) is 3.00. The van der Waals surface area contributed by atoms with Crippen molar-refractivity contribution in [3.05, 3.63) is 6.33 Å². The zero-order valence-corrected chi connectivity index (χ0v) is 14.3. The summed E-state index contributed by atoms with van der Waals surface area (Å²) in [4.78, 5) is 25.9. The van der Waals surface area contributed by atoms with Crippen LogP contribution in [0.4, 0.5) is 0 Å². The largest absolute Gasteiger partial charge is 0.355 e. The molecule has 2 heterocycles. The Balaban J connectivity index is 1.74. The van der Waals surface area contributed by atoms with Gasteiger partial charge >= 0.3 is 0 Å². The van der Waals surface area contributed by atoms with Crippen LogP contribution < -0.4 is 5.32 Å². The van der Waals surface area contributed by atoms with Crippen molar-refractivity contribution < 1.29 is 9.59 Å². The van der Waals surface area contributed by atoms with Gasteiger partial charge in [-0.2, -0.15) is 0 Å². The monoisotopic (exact) mass is 325 g/mol. The molecule has 1 aliphatic heterocycles. The molecule has 1 saturated heterocycles. The van der Waals surface area contributed by atoms with Crippen molar-refractivity contribution in [2.24, 2.45) is 13.0 Å². The Kier molecular flexibility index (Phi) is 5.10. The minimum Gasteiger partial charge on any atom is -0.355 e. The number of carbonyl (C=O) groups excluding carboxylic acids is 2. The Labute approximate surface area is 134 Å². The van der Waals surface area contributed by atoms with E-state index in [0.717, 1.165) is 10.9 Å². The van der Waals surface area contributed by atoms with Gasteiger partial charge in [-0.05, 0) is 20.8 Å². The van der Waals surface area contributed by atoms with Crippen LogP contribution in [0.2, 0.25) is 0 Å². The molecular weight excluding hydrogens is 302 g/mol. The first-order chi connectivity index (χ1) is 10.3. The fourth-order valence-corrected chi connectivity index (χ4v) is 3.14. The molecule has 0 spiro atoms. The van der Waals surface area contributed by atoms with E-state index in [0.29, 0.717) is 19.5 Å². The normalized spacial score (nSPS) is 18.8. The third-order valence-electron chi connectivity index (χ3n) is 3.61. The van der Waals surface area contributed by atoms with Crippen LogP contribution in [0.3, 0.4) is 0 Å². The van der Waals surface area contributed by atoms with Crippen LogP contribution in [0, 0.1) is 5.92 Å². The van der Waals surface area contributed by atoms with Gasteiger partial charge in [0.2, 0.25) is 11.8 Å². The quantitative estimate of drug-likeness (QED) is 0.636. The molecule has 1 aromatic heterocycles. The number of aromatic nitrogens is 3. The number of thioether (sulfide) groups is 1. The predicted octanol–water partition coefficient (Wildman–Crippen LogP) is 0.670. The Hall–Kier alpha value is -1.57. The van der Waals surface area contributed by atoms with E-state index in [1.807, 2.05) is 32.4 Å². The molecule has 0 saturated carbocycles. The van der Waals surface area contributed by atoms with E-state index < -0.39 is 0 Å². The second-order valence-corrected chi connectivity index (χ2v) is 7.50. The molecule has 1 fully saturated rings. The molecule has 1 atom stereocenters. The minimum atomic E-state index is -0.244. The maximum atomic E-state index is 12.2. The van der Waals surface area contributed by atoms with Gasteiger partial charge in [0.15, 0.2) is 5.16 Å². The van der Waals surface area contributed by atoms with E-state index in [2.05, 4.69) is 15.5 Å². The first kappa shape index (κ1) is 16.8. The third kappa shape index (κ3) is 4.00. The van der Waals surface area contributed by atoms with Crippen molar-refractivity contribution >= 4 is 23.6 Å². The van der Waals surface area contributed by atoms with Gasteiger partial charge in [-0.3, -0.25) is 9.59 Å². The zero-order valence-electron chi connectivity index (χ0n) is 13.5. The van der Waals surface area contributed by atoms with Crippen molar-refractivity contribution in [2.75, 3.05) is 18.8 Å². The number of nitrogens with zero attached hydrogens (tertiary/aromatic N) is 4. The van der Waals surface area contributed by atoms with Crippen LogP contribution in [-0.4, -0.2) is 55.9 Å². The van der Waals surface area contributed by atoms with E-state index in [1.165, 1.54) is 0 Å². The van der Waals surface area contributed by atoms with Crippen molar-refractivity contribution in [1.29, 1.82) is 0 Å². The standard InChI is InChI=1S/C14H23N5O2S/c1-14(2,3)19-8-10(7-11(19)20)12(21)15-5-6-22-13-17-16-9-18(13)4/h9-10H,5-8H2,1-4H3,(H,15,21). The summed E-state index contributed by atoms with van der Waals surface area (Å²) in [6.45, 7) is 7.02. The molecule has 1 unspecified atom stereocenters. The minimum absolute atomic E-state index is 0.0429. The summed E-state index contributed by atoms with van der Waals surface area (Å²) in [5.74, 6) is 0.494. The molecule has 22 heavy (non-hydrogen) atoms. The molecular formula is C14H23N5O2S. The summed E-state index contributed by atoms with van der Waals surface area (Å²) >= 11 is 1.54. The summed E-state index contributed by atoms with van der Waals surface area (Å²) in [7, 11) is 1.88. The smallest absolute Gasteiger partial charge is 0.225 e. The third-order valence-corrected chi connectivity index (χ3v) is 4.64. The number of nitrogens with one attached hydrogen (secondary N) is 1. The maximum absolute atomic E-state index is 12.2. The Bertz CT molecular complexity index is 552. The van der Waals surface area contributed by atoms with Gasteiger partial charge in [-0.15, -0.1) is 10.2 Å². The molecule has 7 nitrogen and oxygen atoms in total. The molecule has 1 aromatic rings. The second kappa shape index (κ2) is 6.68. The molecule has 2 rings (SSSR count). The summed E-state index contributed by atoms with van der Waals surface area (Å²) in [6, 6.07) is 0.